The van der Waals surface area contributed by atoms with Crippen molar-refractivity contribution < 1.29 is 4.74 Å². The van der Waals surface area contributed by atoms with E-state index in [0.717, 1.165) is 76.4 Å². The summed E-state index contributed by atoms with van der Waals surface area (Å²) in [6, 6.07) is 12.6. The Morgan fingerprint density at radius 2 is 2.03 bits per heavy atom. The maximum Gasteiger partial charge on any atom is 0.210 e. The summed E-state index contributed by atoms with van der Waals surface area (Å²) in [7, 11) is 2.11. The van der Waals surface area contributed by atoms with Crippen LogP contribution in [0.4, 0.5) is 10.8 Å². The highest BCUT2D eigenvalue weighted by atomic mass is 32.1. The second kappa shape index (κ2) is 7.55. The van der Waals surface area contributed by atoms with Gasteiger partial charge in [0.25, 0.3) is 0 Å². The lowest BCUT2D eigenvalue weighted by Gasteiger charge is -2.21. The predicted molar refractivity (Wildman–Crippen MR) is 123 cm³/mol. The Bertz CT molecular complexity index is 1300. The van der Waals surface area contributed by atoms with Crippen LogP contribution in [-0.4, -0.2) is 39.2 Å². The molecule has 7 nitrogen and oxygen atoms in total. The van der Waals surface area contributed by atoms with Crippen LogP contribution in [0.1, 0.15) is 35.7 Å². The van der Waals surface area contributed by atoms with Gasteiger partial charge in [0.2, 0.25) is 5.13 Å². The third-order valence-electron chi connectivity index (χ3n) is 6.08. The highest BCUT2D eigenvalue weighted by Gasteiger charge is 2.23. The smallest absolute Gasteiger partial charge is 0.210 e. The third kappa shape index (κ3) is 3.32. The number of nitrogens with zero attached hydrogens (tertiary/aromatic N) is 5. The molecule has 4 heterocycles. The monoisotopic (exact) mass is 430 g/mol. The Morgan fingerprint density at radius 3 is 2.94 bits per heavy atom. The van der Waals surface area contributed by atoms with Gasteiger partial charge < -0.3 is 14.6 Å². The van der Waals surface area contributed by atoms with Crippen molar-refractivity contribution in [1.82, 2.24) is 19.7 Å². The number of nitrogens with one attached hydrogen (secondary N) is 1. The average molecular weight is 431 g/mol. The molecule has 2 aromatic heterocycles. The molecule has 0 atom stereocenters. The molecule has 0 saturated carbocycles. The van der Waals surface area contributed by atoms with Gasteiger partial charge in [0.1, 0.15) is 5.82 Å². The highest BCUT2D eigenvalue weighted by Crippen LogP contribution is 2.36. The lowest BCUT2D eigenvalue weighted by Crippen LogP contribution is -2.17. The molecular weight excluding hydrogens is 408 g/mol. The molecule has 0 aliphatic carbocycles. The zero-order valence-electron chi connectivity index (χ0n) is 17.2. The summed E-state index contributed by atoms with van der Waals surface area (Å²) in [6.07, 6.45) is 3.96. The summed E-state index contributed by atoms with van der Waals surface area (Å²) >= 11 is 1.54. The largest absolute Gasteiger partial charge is 0.381 e. The Kier molecular flexibility index (Phi) is 4.54. The van der Waals surface area contributed by atoms with Crippen LogP contribution in [0.5, 0.6) is 0 Å². The number of aryl methyl sites for hydroxylation is 1. The van der Waals surface area contributed by atoms with E-state index < -0.39 is 0 Å². The van der Waals surface area contributed by atoms with E-state index in [1.807, 2.05) is 6.21 Å². The van der Waals surface area contributed by atoms with Crippen LogP contribution in [0.3, 0.4) is 0 Å². The van der Waals surface area contributed by atoms with Gasteiger partial charge in [-0.2, -0.15) is 0 Å². The molecule has 0 spiro atoms. The third-order valence-corrected chi connectivity index (χ3v) is 6.95. The number of aromatic nitrogens is 4. The quantitative estimate of drug-likeness (QED) is 0.509. The number of anilines is 2. The normalized spacial score (nSPS) is 16.2. The molecule has 2 aliphatic rings. The van der Waals surface area contributed by atoms with Crippen molar-refractivity contribution in [2.24, 2.45) is 12.0 Å². The first-order valence-corrected chi connectivity index (χ1v) is 11.3. The summed E-state index contributed by atoms with van der Waals surface area (Å²) in [5.74, 6) is 1.57. The molecule has 0 unspecified atom stereocenters. The number of fused-ring (bicyclic) bond motifs is 2. The van der Waals surface area contributed by atoms with Crippen molar-refractivity contribution in [3.63, 3.8) is 0 Å². The van der Waals surface area contributed by atoms with Gasteiger partial charge in [0, 0.05) is 43.6 Å². The summed E-state index contributed by atoms with van der Waals surface area (Å²) < 4.78 is 7.76. The number of ether oxygens (including phenoxy) is 1. The fourth-order valence-electron chi connectivity index (χ4n) is 4.41. The van der Waals surface area contributed by atoms with Crippen LogP contribution in [0.15, 0.2) is 41.4 Å². The standard InChI is InChI=1S/C23H22N6OS/c1-29-19-4-2-3-18(20(19)26-21(29)14-7-9-30-10-8-14)22-27-28-23(31-22)25-17-6-5-15-12-24-13-16(15)11-17/h2-6,11,13-14H,7-10,12H2,1H3,(H,25,28). The van der Waals surface area contributed by atoms with E-state index in [9.17, 15) is 0 Å². The number of rotatable bonds is 4. The number of benzene rings is 2. The van der Waals surface area contributed by atoms with Crippen molar-refractivity contribution in [3.05, 3.63) is 53.3 Å². The Balaban J connectivity index is 1.32. The number of hydrogen-bond acceptors (Lipinski definition) is 7. The Labute approximate surface area is 183 Å². The number of hydrogen-bond donors (Lipinski definition) is 1. The van der Waals surface area contributed by atoms with Gasteiger partial charge in [-0.1, -0.05) is 23.5 Å². The molecule has 156 valence electrons. The van der Waals surface area contributed by atoms with Gasteiger partial charge in [0.05, 0.1) is 17.6 Å². The second-order valence-electron chi connectivity index (χ2n) is 8.01. The fraction of sp³-hybridized carbons (Fsp3) is 0.304. The first-order chi connectivity index (χ1) is 15.3. The van der Waals surface area contributed by atoms with Crippen molar-refractivity contribution in [2.45, 2.75) is 25.3 Å². The second-order valence-corrected chi connectivity index (χ2v) is 8.99. The maximum atomic E-state index is 5.54. The first kappa shape index (κ1) is 18.7. The van der Waals surface area contributed by atoms with Crippen LogP contribution in [0, 0.1) is 0 Å². The van der Waals surface area contributed by atoms with E-state index in [2.05, 4.69) is 68.5 Å². The molecule has 2 aliphatic heterocycles. The lowest BCUT2D eigenvalue weighted by atomic mass is 9.99. The van der Waals surface area contributed by atoms with E-state index in [1.165, 1.54) is 5.56 Å². The first-order valence-electron chi connectivity index (χ1n) is 10.5. The predicted octanol–water partition coefficient (Wildman–Crippen LogP) is 4.66. The number of imidazole rings is 1. The molecule has 6 rings (SSSR count). The van der Waals surface area contributed by atoms with Crippen LogP contribution in [-0.2, 0) is 18.3 Å². The van der Waals surface area contributed by atoms with E-state index in [-0.39, 0.29) is 0 Å². The molecular formula is C23H22N6OS. The minimum absolute atomic E-state index is 0.439. The van der Waals surface area contributed by atoms with E-state index in [0.29, 0.717) is 5.92 Å². The van der Waals surface area contributed by atoms with Crippen LogP contribution >= 0.6 is 11.3 Å². The molecule has 0 radical (unpaired) electrons. The van der Waals surface area contributed by atoms with Crippen LogP contribution in [0.25, 0.3) is 21.6 Å². The molecule has 4 aromatic rings. The van der Waals surface area contributed by atoms with Gasteiger partial charge in [-0.25, -0.2) is 4.98 Å². The molecule has 1 saturated heterocycles. The van der Waals surface area contributed by atoms with Crippen LogP contribution < -0.4 is 5.32 Å². The van der Waals surface area contributed by atoms with Gasteiger partial charge in [-0.05, 0) is 48.2 Å². The van der Waals surface area contributed by atoms with Crippen molar-refractivity contribution >= 4 is 39.4 Å². The summed E-state index contributed by atoms with van der Waals surface area (Å²) in [4.78, 5) is 9.38. The molecule has 0 bridgehead atoms. The average Bonchev–Trinajstić information content (AvgIpc) is 3.53. The zero-order chi connectivity index (χ0) is 20.8. The molecule has 31 heavy (non-hydrogen) atoms. The van der Waals surface area contributed by atoms with Crippen LogP contribution in [0.2, 0.25) is 0 Å². The van der Waals surface area contributed by atoms with Crippen molar-refractivity contribution in [1.29, 1.82) is 0 Å². The molecule has 2 aromatic carbocycles. The number of aliphatic imine (C=N–C) groups is 1. The molecule has 1 fully saturated rings. The fourth-order valence-corrected chi connectivity index (χ4v) is 5.20. The Hall–Kier alpha value is -3.10. The summed E-state index contributed by atoms with van der Waals surface area (Å²) in [5, 5.41) is 13.9. The minimum Gasteiger partial charge on any atom is -0.381 e. The van der Waals surface area contributed by atoms with Gasteiger partial charge in [-0.15, -0.1) is 10.2 Å². The molecule has 1 N–H and O–H groups in total. The molecule has 8 heteroatoms. The Morgan fingerprint density at radius 1 is 1.13 bits per heavy atom. The lowest BCUT2D eigenvalue weighted by molar-refractivity contribution is 0.0831. The van der Waals surface area contributed by atoms with Gasteiger partial charge in [0.15, 0.2) is 5.01 Å². The minimum atomic E-state index is 0.439. The molecule has 0 amide bonds. The maximum absolute atomic E-state index is 5.54. The summed E-state index contributed by atoms with van der Waals surface area (Å²) in [6.45, 7) is 2.38. The topological polar surface area (TPSA) is 77.2 Å². The zero-order valence-corrected chi connectivity index (χ0v) is 18.0. The van der Waals surface area contributed by atoms with Gasteiger partial charge >= 0.3 is 0 Å². The highest BCUT2D eigenvalue weighted by molar-refractivity contribution is 7.18. The van der Waals surface area contributed by atoms with Crippen molar-refractivity contribution in [2.75, 3.05) is 18.5 Å². The SMILES string of the molecule is Cn1c(C2CCOCC2)nc2c(-c3nnc(Nc4ccc5c(c4)C=NC5)s3)cccc21. The van der Waals surface area contributed by atoms with Crippen molar-refractivity contribution in [3.8, 4) is 10.6 Å². The van der Waals surface area contributed by atoms with E-state index in [1.54, 1.807) is 11.3 Å². The van der Waals surface area contributed by atoms with Gasteiger partial charge in [-0.3, -0.25) is 4.99 Å². The van der Waals surface area contributed by atoms with E-state index >= 15 is 0 Å². The summed E-state index contributed by atoms with van der Waals surface area (Å²) in [5.41, 5.74) is 6.55. The van der Waals surface area contributed by atoms with E-state index in [4.69, 9.17) is 9.72 Å². The number of para-hydroxylation sites is 1.